The maximum atomic E-state index is 12.3. The van der Waals surface area contributed by atoms with Crippen molar-refractivity contribution < 1.29 is 14.6 Å². The van der Waals surface area contributed by atoms with Crippen molar-refractivity contribution in [2.75, 3.05) is 36.5 Å². The van der Waals surface area contributed by atoms with Crippen LogP contribution in [-0.4, -0.2) is 58.8 Å². The Morgan fingerprint density at radius 2 is 2.05 bits per heavy atom. The molecular formula is C25H22N8O3S. The summed E-state index contributed by atoms with van der Waals surface area (Å²) in [7, 11) is 0. The molecule has 3 heterocycles. The number of phenols is 1. The van der Waals surface area contributed by atoms with Gasteiger partial charge in [-0.15, -0.1) is 11.3 Å². The first-order chi connectivity index (χ1) is 18.1. The number of aromatic nitrogens is 3. The molecule has 0 atom stereocenters. The fourth-order valence-electron chi connectivity index (χ4n) is 3.92. The van der Waals surface area contributed by atoms with E-state index < -0.39 is 6.03 Å². The Labute approximate surface area is 216 Å². The molecule has 4 aromatic rings. The smallest absolute Gasteiger partial charge is 0.339 e. The van der Waals surface area contributed by atoms with Crippen molar-refractivity contribution in [1.29, 1.82) is 5.26 Å². The summed E-state index contributed by atoms with van der Waals surface area (Å²) < 4.78 is 5.48. The fourth-order valence-corrected chi connectivity index (χ4v) is 5.19. The normalized spacial score (nSPS) is 13.4. The van der Waals surface area contributed by atoms with Crippen LogP contribution >= 0.6 is 11.3 Å². The number of urea groups is 1. The van der Waals surface area contributed by atoms with Gasteiger partial charge in [0, 0.05) is 24.3 Å². The van der Waals surface area contributed by atoms with E-state index in [0.717, 1.165) is 21.0 Å². The molecule has 2 aromatic carbocycles. The number of anilines is 2. The Kier molecular flexibility index (Phi) is 7.07. The van der Waals surface area contributed by atoms with Crippen molar-refractivity contribution >= 4 is 34.3 Å². The Hall–Kier alpha value is -4.73. The fraction of sp³-hybridized carbons (Fsp3) is 0.160. The molecule has 0 radical (unpaired) electrons. The maximum Gasteiger partial charge on any atom is 0.339 e. The predicted octanol–water partition coefficient (Wildman–Crippen LogP) is 3.77. The summed E-state index contributed by atoms with van der Waals surface area (Å²) in [5.41, 5.74) is 5.73. The van der Waals surface area contributed by atoms with E-state index in [1.165, 1.54) is 29.9 Å². The molecule has 1 aliphatic heterocycles. The molecule has 1 saturated heterocycles. The lowest BCUT2D eigenvalue weighted by molar-refractivity contribution is 0.123. The van der Waals surface area contributed by atoms with Crippen molar-refractivity contribution in [2.45, 2.75) is 0 Å². The summed E-state index contributed by atoms with van der Waals surface area (Å²) in [6, 6.07) is 15.6. The van der Waals surface area contributed by atoms with Crippen LogP contribution in [0.25, 0.3) is 21.8 Å². The highest BCUT2D eigenvalue weighted by molar-refractivity contribution is 7.20. The van der Waals surface area contributed by atoms with E-state index in [1.54, 1.807) is 30.3 Å². The standard InChI is InChI=1S/C25H22N8O3S/c26-13-20-21(22(23-27-15-29-31-23)37-24(20)33-8-10-36-11-9-33)17-4-6-18(7-5-17)30-25(35)32-28-14-16-2-1-3-19(34)12-16/h1-7,12,14-15,34H,8-11H2,(H,27,29,31)(H2,30,32,35)/b28-14+. The third-order valence-electron chi connectivity index (χ3n) is 5.61. The number of rotatable bonds is 6. The molecule has 5 rings (SSSR count). The van der Waals surface area contributed by atoms with Crippen LogP contribution in [0.5, 0.6) is 5.75 Å². The molecule has 2 aromatic heterocycles. The summed E-state index contributed by atoms with van der Waals surface area (Å²) in [6.45, 7) is 2.62. The summed E-state index contributed by atoms with van der Waals surface area (Å²) in [5, 5.41) is 34.0. The number of thiophene rings is 1. The number of ether oxygens (including phenoxy) is 1. The van der Waals surface area contributed by atoms with Crippen molar-refractivity contribution in [3.63, 3.8) is 0 Å². The van der Waals surface area contributed by atoms with Gasteiger partial charge in [-0.25, -0.2) is 15.2 Å². The van der Waals surface area contributed by atoms with E-state index in [-0.39, 0.29) is 5.75 Å². The first-order valence-electron chi connectivity index (χ1n) is 11.4. The molecule has 0 unspecified atom stereocenters. The molecule has 12 heteroatoms. The predicted molar refractivity (Wildman–Crippen MR) is 141 cm³/mol. The van der Waals surface area contributed by atoms with Crippen molar-refractivity contribution in [2.24, 2.45) is 5.10 Å². The SMILES string of the molecule is N#Cc1c(N2CCOCC2)sc(-c2ncn[nH]2)c1-c1ccc(NC(=O)N/N=C/c2cccc(O)c2)cc1. The van der Waals surface area contributed by atoms with E-state index in [9.17, 15) is 15.2 Å². The van der Waals surface area contributed by atoms with Gasteiger partial charge in [-0.05, 0) is 35.4 Å². The summed E-state index contributed by atoms with van der Waals surface area (Å²) in [6.07, 6.45) is 2.87. The van der Waals surface area contributed by atoms with Crippen LogP contribution in [-0.2, 0) is 4.74 Å². The number of carbonyl (C=O) groups is 1. The highest BCUT2D eigenvalue weighted by Crippen LogP contribution is 2.46. The van der Waals surface area contributed by atoms with Gasteiger partial charge in [-0.2, -0.15) is 15.5 Å². The lowest BCUT2D eigenvalue weighted by Gasteiger charge is -2.27. The Morgan fingerprint density at radius 3 is 2.76 bits per heavy atom. The number of nitrogens with one attached hydrogen (secondary N) is 3. The molecule has 1 fully saturated rings. The van der Waals surface area contributed by atoms with Crippen LogP contribution < -0.4 is 15.6 Å². The third-order valence-corrected chi connectivity index (χ3v) is 6.87. The molecule has 11 nitrogen and oxygen atoms in total. The molecular weight excluding hydrogens is 492 g/mol. The monoisotopic (exact) mass is 514 g/mol. The highest BCUT2D eigenvalue weighted by atomic mass is 32.1. The van der Waals surface area contributed by atoms with Gasteiger partial charge in [-0.3, -0.25) is 5.10 Å². The number of aromatic hydroxyl groups is 1. The second-order valence-electron chi connectivity index (χ2n) is 8.03. The van der Waals surface area contributed by atoms with Gasteiger partial charge in [0.25, 0.3) is 0 Å². The van der Waals surface area contributed by atoms with Crippen molar-refractivity contribution in [3.05, 3.63) is 66.0 Å². The maximum absolute atomic E-state index is 12.3. The number of nitriles is 1. The molecule has 2 amide bonds. The second kappa shape index (κ2) is 10.9. The van der Waals surface area contributed by atoms with Crippen LogP contribution in [0.15, 0.2) is 60.0 Å². The number of phenolic OH excluding ortho intramolecular Hbond substituents is 1. The molecule has 186 valence electrons. The Morgan fingerprint density at radius 1 is 1.24 bits per heavy atom. The topological polar surface area (TPSA) is 152 Å². The molecule has 37 heavy (non-hydrogen) atoms. The molecule has 0 spiro atoms. The van der Waals surface area contributed by atoms with Crippen molar-refractivity contribution in [3.8, 4) is 33.6 Å². The lowest BCUT2D eigenvalue weighted by Crippen LogP contribution is -2.36. The lowest BCUT2D eigenvalue weighted by atomic mass is 10.0. The largest absolute Gasteiger partial charge is 0.508 e. The Bertz CT molecular complexity index is 1450. The average Bonchev–Trinajstić information content (AvgIpc) is 3.58. The summed E-state index contributed by atoms with van der Waals surface area (Å²) in [4.78, 5) is 19.5. The first-order valence-corrected chi connectivity index (χ1v) is 12.2. The number of nitrogens with zero attached hydrogens (tertiary/aromatic N) is 5. The van der Waals surface area contributed by atoms with Crippen LogP contribution in [0.3, 0.4) is 0 Å². The number of hydrogen-bond acceptors (Lipinski definition) is 9. The van der Waals surface area contributed by atoms with E-state index >= 15 is 0 Å². The van der Waals surface area contributed by atoms with Gasteiger partial charge >= 0.3 is 6.03 Å². The van der Waals surface area contributed by atoms with Crippen LogP contribution in [0.1, 0.15) is 11.1 Å². The van der Waals surface area contributed by atoms with Gasteiger partial charge in [0.05, 0.1) is 29.9 Å². The number of amides is 2. The molecule has 0 bridgehead atoms. The average molecular weight is 515 g/mol. The molecule has 1 aliphatic rings. The van der Waals surface area contributed by atoms with E-state index in [4.69, 9.17) is 4.74 Å². The number of hydrogen-bond donors (Lipinski definition) is 4. The zero-order valence-electron chi connectivity index (χ0n) is 19.5. The van der Waals surface area contributed by atoms with E-state index in [1.807, 2.05) is 12.1 Å². The van der Waals surface area contributed by atoms with Crippen LogP contribution in [0.4, 0.5) is 15.5 Å². The van der Waals surface area contributed by atoms with Gasteiger partial charge in [0.2, 0.25) is 0 Å². The molecule has 0 aliphatic carbocycles. The number of carbonyl (C=O) groups excluding carboxylic acids is 1. The number of H-pyrrole nitrogens is 1. The number of morpholine rings is 1. The minimum Gasteiger partial charge on any atom is -0.508 e. The zero-order valence-corrected chi connectivity index (χ0v) is 20.3. The van der Waals surface area contributed by atoms with Gasteiger partial charge < -0.3 is 20.1 Å². The quantitative estimate of drug-likeness (QED) is 0.226. The van der Waals surface area contributed by atoms with E-state index in [2.05, 4.69) is 42.0 Å². The first kappa shape index (κ1) is 24.0. The van der Waals surface area contributed by atoms with Gasteiger partial charge in [0.15, 0.2) is 5.82 Å². The Balaban J connectivity index is 1.36. The molecule has 0 saturated carbocycles. The molecule has 4 N–H and O–H groups in total. The number of hydrazone groups is 1. The minimum atomic E-state index is -0.519. The third kappa shape index (κ3) is 5.43. The zero-order chi connectivity index (χ0) is 25.6. The highest BCUT2D eigenvalue weighted by Gasteiger charge is 2.26. The number of aromatic amines is 1. The second-order valence-corrected chi connectivity index (χ2v) is 9.03. The van der Waals surface area contributed by atoms with Gasteiger partial charge in [-0.1, -0.05) is 24.3 Å². The van der Waals surface area contributed by atoms with E-state index in [0.29, 0.717) is 48.9 Å². The summed E-state index contributed by atoms with van der Waals surface area (Å²) >= 11 is 1.50. The van der Waals surface area contributed by atoms with Crippen LogP contribution in [0, 0.1) is 11.3 Å². The minimum absolute atomic E-state index is 0.113. The van der Waals surface area contributed by atoms with Crippen molar-refractivity contribution in [1.82, 2.24) is 20.6 Å². The number of benzene rings is 2. The van der Waals surface area contributed by atoms with Crippen LogP contribution in [0.2, 0.25) is 0 Å². The summed E-state index contributed by atoms with van der Waals surface area (Å²) in [5.74, 6) is 0.699. The van der Waals surface area contributed by atoms with Gasteiger partial charge in [0.1, 0.15) is 23.1 Å².